The van der Waals surface area contributed by atoms with Crippen molar-refractivity contribution in [1.82, 2.24) is 14.9 Å². The van der Waals surface area contributed by atoms with Gasteiger partial charge in [0.2, 0.25) is 15.8 Å². The molecule has 1 atom stereocenters. The van der Waals surface area contributed by atoms with E-state index < -0.39 is 22.0 Å². The highest BCUT2D eigenvalue weighted by atomic mass is 35.5. The molecule has 0 saturated carbocycles. The minimum Gasteiger partial charge on any atom is -0.497 e. The van der Waals surface area contributed by atoms with Gasteiger partial charge in [0.05, 0.1) is 22.6 Å². The van der Waals surface area contributed by atoms with Gasteiger partial charge in [-0.3, -0.25) is 4.79 Å². The third-order valence-corrected chi connectivity index (χ3v) is 5.86. The molecule has 0 unspecified atom stereocenters. The number of halogens is 1. The fourth-order valence-electron chi connectivity index (χ4n) is 2.42. The van der Waals surface area contributed by atoms with E-state index in [9.17, 15) is 13.2 Å². The van der Waals surface area contributed by atoms with Crippen molar-refractivity contribution < 1.29 is 27.2 Å². The normalized spacial score (nSPS) is 12.4. The number of carbonyl (C=O) groups is 1. The van der Waals surface area contributed by atoms with Crippen molar-refractivity contribution in [3.8, 4) is 17.2 Å². The van der Waals surface area contributed by atoms with Crippen LogP contribution in [0.4, 0.5) is 0 Å². The Bertz CT molecular complexity index is 1130. The topological polar surface area (TPSA) is 121 Å². The molecule has 0 radical (unpaired) electrons. The molecule has 1 aromatic heterocycles. The summed E-state index contributed by atoms with van der Waals surface area (Å²) in [7, 11) is -2.45. The van der Waals surface area contributed by atoms with Crippen LogP contribution in [-0.2, 0) is 26.2 Å². The summed E-state index contributed by atoms with van der Waals surface area (Å²) in [6, 6.07) is 11.5. The van der Waals surface area contributed by atoms with Crippen molar-refractivity contribution in [2.24, 2.45) is 0 Å². The van der Waals surface area contributed by atoms with Crippen molar-refractivity contribution in [2.75, 3.05) is 7.11 Å². The molecular weight excluding hydrogens is 434 g/mol. The summed E-state index contributed by atoms with van der Waals surface area (Å²) in [5.41, 5.74) is 0.546. The number of hydrogen-bond acceptors (Lipinski definition) is 8. The summed E-state index contributed by atoms with van der Waals surface area (Å²) in [5.74, 6) is 0.0113. The zero-order valence-corrected chi connectivity index (χ0v) is 17.6. The summed E-state index contributed by atoms with van der Waals surface area (Å²) >= 11 is 6.08. The molecular formula is C19H18ClN3O6S. The van der Waals surface area contributed by atoms with Crippen LogP contribution in [-0.4, -0.2) is 37.7 Å². The summed E-state index contributed by atoms with van der Waals surface area (Å²) in [6.45, 7) is 1.08. The first kappa shape index (κ1) is 21.8. The number of nitrogens with zero attached hydrogens (tertiary/aromatic N) is 2. The van der Waals surface area contributed by atoms with Crippen molar-refractivity contribution in [3.05, 3.63) is 59.4 Å². The Labute approximate surface area is 178 Å². The van der Waals surface area contributed by atoms with Gasteiger partial charge in [0, 0.05) is 0 Å². The van der Waals surface area contributed by atoms with Gasteiger partial charge in [0.1, 0.15) is 11.8 Å². The van der Waals surface area contributed by atoms with Crippen molar-refractivity contribution in [2.45, 2.75) is 24.5 Å². The SMILES string of the molecule is COc1ccc(S(=O)(=O)N[C@@H](C)C(=O)OCc2noc(-c3ccccc3Cl)n2)cc1. The minimum atomic E-state index is -3.92. The molecule has 0 saturated heterocycles. The van der Waals surface area contributed by atoms with E-state index >= 15 is 0 Å². The second-order valence-electron chi connectivity index (χ2n) is 6.12. The first-order chi connectivity index (χ1) is 14.3. The molecule has 3 aromatic rings. The summed E-state index contributed by atoms with van der Waals surface area (Å²) in [5, 5.41) is 4.17. The van der Waals surface area contributed by atoms with Crippen LogP contribution in [0.1, 0.15) is 12.7 Å². The number of nitrogens with one attached hydrogen (secondary N) is 1. The molecule has 0 aliphatic heterocycles. The Kier molecular flexibility index (Phi) is 6.70. The molecule has 158 valence electrons. The van der Waals surface area contributed by atoms with Gasteiger partial charge in [-0.25, -0.2) is 8.42 Å². The number of sulfonamides is 1. The van der Waals surface area contributed by atoms with E-state index in [2.05, 4.69) is 14.9 Å². The largest absolute Gasteiger partial charge is 0.497 e. The minimum absolute atomic E-state index is 0.00880. The number of aromatic nitrogens is 2. The van der Waals surface area contributed by atoms with Crippen LogP contribution in [0.2, 0.25) is 5.02 Å². The third-order valence-electron chi connectivity index (χ3n) is 3.97. The predicted octanol–water partition coefficient (Wildman–Crippen LogP) is 2.81. The molecule has 0 spiro atoms. The van der Waals surface area contributed by atoms with E-state index in [1.807, 2.05) is 0 Å². The van der Waals surface area contributed by atoms with Gasteiger partial charge in [-0.05, 0) is 43.3 Å². The van der Waals surface area contributed by atoms with Crippen LogP contribution in [0, 0.1) is 0 Å². The molecule has 0 aliphatic carbocycles. The molecule has 30 heavy (non-hydrogen) atoms. The molecule has 0 amide bonds. The van der Waals surface area contributed by atoms with Crippen LogP contribution in [0.3, 0.4) is 0 Å². The molecule has 2 aromatic carbocycles. The van der Waals surface area contributed by atoms with Crippen molar-refractivity contribution >= 4 is 27.6 Å². The Morgan fingerprint density at radius 2 is 1.90 bits per heavy atom. The highest BCUT2D eigenvalue weighted by Crippen LogP contribution is 2.25. The summed E-state index contributed by atoms with van der Waals surface area (Å²) in [6.07, 6.45) is 0. The fourth-order valence-corrected chi connectivity index (χ4v) is 3.83. The molecule has 0 bridgehead atoms. The second kappa shape index (κ2) is 9.24. The first-order valence-corrected chi connectivity index (χ1v) is 10.6. The molecule has 1 N–H and O–H groups in total. The number of esters is 1. The summed E-state index contributed by atoms with van der Waals surface area (Å²) in [4.78, 5) is 16.3. The van der Waals surface area contributed by atoms with Gasteiger partial charge < -0.3 is 14.0 Å². The molecule has 3 rings (SSSR count). The molecule has 9 nitrogen and oxygen atoms in total. The third kappa shape index (κ3) is 5.15. The van der Waals surface area contributed by atoms with Gasteiger partial charge in [0.15, 0.2) is 6.61 Å². The maximum atomic E-state index is 12.4. The summed E-state index contributed by atoms with van der Waals surface area (Å²) < 4.78 is 42.3. The zero-order valence-electron chi connectivity index (χ0n) is 16.0. The van der Waals surface area contributed by atoms with Gasteiger partial charge in [-0.1, -0.05) is 28.9 Å². The van der Waals surface area contributed by atoms with Crippen LogP contribution in [0.25, 0.3) is 11.5 Å². The standard InChI is InChI=1S/C19H18ClN3O6S/c1-12(23-30(25,26)14-9-7-13(27-2)8-10-14)19(24)28-11-17-21-18(29-22-17)15-5-3-4-6-16(15)20/h3-10,12,23H,11H2,1-2H3/t12-/m0/s1. The van der Waals surface area contributed by atoms with Crippen LogP contribution >= 0.6 is 11.6 Å². The van der Waals surface area contributed by atoms with Gasteiger partial charge in [-0.2, -0.15) is 9.71 Å². The predicted molar refractivity (Wildman–Crippen MR) is 107 cm³/mol. The lowest BCUT2D eigenvalue weighted by Gasteiger charge is -2.13. The van der Waals surface area contributed by atoms with E-state index in [4.69, 9.17) is 25.6 Å². The number of rotatable bonds is 8. The van der Waals surface area contributed by atoms with Gasteiger partial charge in [0.25, 0.3) is 5.89 Å². The van der Waals surface area contributed by atoms with Gasteiger partial charge >= 0.3 is 5.97 Å². The van der Waals surface area contributed by atoms with E-state index in [1.54, 1.807) is 24.3 Å². The zero-order chi connectivity index (χ0) is 21.7. The lowest BCUT2D eigenvalue weighted by Crippen LogP contribution is -2.39. The number of benzene rings is 2. The van der Waals surface area contributed by atoms with E-state index in [-0.39, 0.29) is 23.2 Å². The molecule has 0 fully saturated rings. The Hall–Kier alpha value is -2.95. The van der Waals surface area contributed by atoms with E-state index in [0.717, 1.165) is 0 Å². The first-order valence-electron chi connectivity index (χ1n) is 8.70. The average Bonchev–Trinajstić information content (AvgIpc) is 3.20. The monoisotopic (exact) mass is 451 g/mol. The Morgan fingerprint density at radius 1 is 1.20 bits per heavy atom. The van der Waals surface area contributed by atoms with Crippen LogP contribution in [0.15, 0.2) is 57.9 Å². The Balaban J connectivity index is 1.59. The molecule has 1 heterocycles. The average molecular weight is 452 g/mol. The lowest BCUT2D eigenvalue weighted by atomic mass is 10.2. The van der Waals surface area contributed by atoms with Crippen molar-refractivity contribution in [1.29, 1.82) is 0 Å². The van der Waals surface area contributed by atoms with Crippen LogP contribution in [0.5, 0.6) is 5.75 Å². The van der Waals surface area contributed by atoms with E-state index in [0.29, 0.717) is 16.3 Å². The number of ether oxygens (including phenoxy) is 2. The smallest absolute Gasteiger partial charge is 0.324 e. The highest BCUT2D eigenvalue weighted by molar-refractivity contribution is 7.89. The fraction of sp³-hybridized carbons (Fsp3) is 0.211. The highest BCUT2D eigenvalue weighted by Gasteiger charge is 2.24. The number of hydrogen-bond donors (Lipinski definition) is 1. The van der Waals surface area contributed by atoms with Crippen molar-refractivity contribution in [3.63, 3.8) is 0 Å². The van der Waals surface area contributed by atoms with Gasteiger partial charge in [-0.15, -0.1) is 0 Å². The quantitative estimate of drug-likeness (QED) is 0.519. The van der Waals surface area contributed by atoms with E-state index in [1.165, 1.54) is 38.3 Å². The number of carbonyl (C=O) groups excluding carboxylic acids is 1. The maximum Gasteiger partial charge on any atom is 0.324 e. The number of methoxy groups -OCH3 is 1. The molecule has 11 heteroatoms. The Morgan fingerprint density at radius 3 is 2.57 bits per heavy atom. The second-order valence-corrected chi connectivity index (χ2v) is 8.24. The molecule has 0 aliphatic rings. The lowest BCUT2D eigenvalue weighted by molar-refractivity contribution is -0.146. The van der Waals surface area contributed by atoms with Crippen LogP contribution < -0.4 is 9.46 Å². The maximum absolute atomic E-state index is 12.4.